The third-order valence-electron chi connectivity index (χ3n) is 5.55. The first kappa shape index (κ1) is 27.3. The first-order chi connectivity index (χ1) is 19.0. The van der Waals surface area contributed by atoms with Gasteiger partial charge in [0.1, 0.15) is 4.88 Å². The number of amides is 2. The highest BCUT2D eigenvalue weighted by atomic mass is 32.1. The molecule has 4 aromatic rings. The van der Waals surface area contributed by atoms with Gasteiger partial charge in [-0.05, 0) is 53.3 Å². The van der Waals surface area contributed by atoms with E-state index < -0.39 is 17.8 Å². The summed E-state index contributed by atoms with van der Waals surface area (Å²) in [5, 5.41) is 8.47. The van der Waals surface area contributed by atoms with Crippen molar-refractivity contribution < 1.29 is 23.9 Å². The van der Waals surface area contributed by atoms with Crippen LogP contribution < -0.4 is 20.2 Å². The van der Waals surface area contributed by atoms with Gasteiger partial charge in [0.05, 0.1) is 25.3 Å². The number of hydrogen-bond acceptors (Lipinski definition) is 7. The number of rotatable bonds is 11. The van der Waals surface area contributed by atoms with Crippen LogP contribution in [0.3, 0.4) is 0 Å². The zero-order valence-electron chi connectivity index (χ0n) is 21.2. The Morgan fingerprint density at radius 1 is 0.897 bits per heavy atom. The van der Waals surface area contributed by atoms with Crippen molar-refractivity contribution in [3.63, 3.8) is 0 Å². The number of nitrogens with one attached hydrogen (secondary N) is 2. The Bertz CT molecular complexity index is 1380. The molecule has 0 aliphatic rings. The predicted molar refractivity (Wildman–Crippen MR) is 150 cm³/mol. The highest BCUT2D eigenvalue weighted by molar-refractivity contribution is 7.12. The van der Waals surface area contributed by atoms with E-state index in [9.17, 15) is 14.4 Å². The van der Waals surface area contributed by atoms with E-state index in [0.717, 1.165) is 11.1 Å². The topological polar surface area (TPSA) is 106 Å². The van der Waals surface area contributed by atoms with Gasteiger partial charge in [-0.2, -0.15) is 5.10 Å². The van der Waals surface area contributed by atoms with Crippen LogP contribution in [0.1, 0.15) is 39.2 Å². The normalized spacial score (nSPS) is 10.8. The van der Waals surface area contributed by atoms with E-state index in [-0.39, 0.29) is 18.2 Å². The molecule has 1 aromatic heterocycles. The van der Waals surface area contributed by atoms with Gasteiger partial charge in [-0.15, -0.1) is 11.3 Å². The lowest BCUT2D eigenvalue weighted by atomic mass is 9.90. The molecule has 8 nitrogen and oxygen atoms in total. The molecule has 0 fully saturated rings. The molecule has 0 aliphatic heterocycles. The number of esters is 1. The molecule has 0 spiro atoms. The Kier molecular flexibility index (Phi) is 9.57. The summed E-state index contributed by atoms with van der Waals surface area (Å²) in [6.07, 6.45) is 1.43. The molecule has 0 bridgehead atoms. The van der Waals surface area contributed by atoms with Crippen LogP contribution in [-0.2, 0) is 9.59 Å². The van der Waals surface area contributed by atoms with E-state index in [1.54, 1.807) is 35.7 Å². The smallest absolute Gasteiger partial charge is 0.353 e. The van der Waals surface area contributed by atoms with E-state index >= 15 is 0 Å². The molecule has 0 saturated heterocycles. The summed E-state index contributed by atoms with van der Waals surface area (Å²) in [5.74, 6) is -1.13. The zero-order chi connectivity index (χ0) is 27.5. The number of carbonyl (C=O) groups is 3. The molecule has 0 unspecified atom stereocenters. The van der Waals surface area contributed by atoms with E-state index in [0.29, 0.717) is 22.8 Å². The average molecular weight is 542 g/mol. The highest BCUT2D eigenvalue weighted by Gasteiger charge is 2.22. The summed E-state index contributed by atoms with van der Waals surface area (Å²) >= 11 is 1.29. The molecule has 2 amide bonds. The van der Waals surface area contributed by atoms with Gasteiger partial charge in [0, 0.05) is 0 Å². The van der Waals surface area contributed by atoms with Crippen molar-refractivity contribution in [1.29, 1.82) is 0 Å². The molecule has 1 heterocycles. The first-order valence-corrected chi connectivity index (χ1v) is 13.1. The molecule has 0 saturated carbocycles. The summed E-state index contributed by atoms with van der Waals surface area (Å²) < 4.78 is 11.1. The van der Waals surface area contributed by atoms with E-state index in [1.807, 2.05) is 67.6 Å². The third-order valence-corrected chi connectivity index (χ3v) is 6.40. The molecule has 2 N–H and O–H groups in total. The number of benzene rings is 3. The fourth-order valence-electron chi connectivity index (χ4n) is 3.78. The number of thiophene rings is 1. The fourth-order valence-corrected chi connectivity index (χ4v) is 4.38. The number of carbonyl (C=O) groups excluding carboxylic acids is 3. The van der Waals surface area contributed by atoms with E-state index in [4.69, 9.17) is 9.47 Å². The van der Waals surface area contributed by atoms with Crippen molar-refractivity contribution in [3.8, 4) is 11.5 Å². The second-order valence-corrected chi connectivity index (χ2v) is 9.22. The Labute approximate surface area is 230 Å². The molecule has 39 heavy (non-hydrogen) atoms. The van der Waals surface area contributed by atoms with Crippen LogP contribution in [0.25, 0.3) is 0 Å². The second kappa shape index (κ2) is 13.7. The highest BCUT2D eigenvalue weighted by Crippen LogP contribution is 2.29. The van der Waals surface area contributed by atoms with Crippen LogP contribution in [0, 0.1) is 0 Å². The fraction of sp³-hybridized carbons (Fsp3) is 0.133. The lowest BCUT2D eigenvalue weighted by Gasteiger charge is -2.17. The molecule has 4 rings (SSSR count). The van der Waals surface area contributed by atoms with Crippen molar-refractivity contribution in [2.45, 2.75) is 12.8 Å². The molecule has 0 radical (unpaired) electrons. The summed E-state index contributed by atoms with van der Waals surface area (Å²) in [7, 11) is 0. The van der Waals surface area contributed by atoms with Crippen LogP contribution in [0.2, 0.25) is 0 Å². The maximum Gasteiger partial charge on any atom is 0.353 e. The lowest BCUT2D eigenvalue weighted by Crippen LogP contribution is -2.37. The molecular formula is C30H27N3O5S. The van der Waals surface area contributed by atoms with E-state index in [1.165, 1.54) is 17.6 Å². The van der Waals surface area contributed by atoms with Crippen LogP contribution in [0.15, 0.2) is 101 Å². The minimum Gasteiger partial charge on any atom is -0.490 e. The summed E-state index contributed by atoms with van der Waals surface area (Å²) in [5.41, 5.74) is 4.69. The summed E-state index contributed by atoms with van der Waals surface area (Å²) in [4.78, 5) is 38.2. The van der Waals surface area contributed by atoms with Crippen molar-refractivity contribution in [3.05, 3.63) is 118 Å². The maximum atomic E-state index is 13.0. The molecule has 9 heteroatoms. The minimum atomic E-state index is -0.548. The second-order valence-electron chi connectivity index (χ2n) is 8.27. The van der Waals surface area contributed by atoms with Crippen molar-refractivity contribution in [1.82, 2.24) is 10.7 Å². The maximum absolute atomic E-state index is 13.0. The standard InChI is InChI=1S/C30H27N3O5S/c1-2-37-25-18-21(15-16-24(25)38-30(36)26-14-9-17-39-26)19-32-33-27(34)20-31-29(35)28(22-10-5-3-6-11-22)23-12-7-4-8-13-23/h3-19,28H,2,20H2,1H3,(H,31,35)(H,33,34). The first-order valence-electron chi connectivity index (χ1n) is 12.3. The van der Waals surface area contributed by atoms with Gasteiger partial charge in [0.2, 0.25) is 5.91 Å². The number of nitrogens with zero attached hydrogens (tertiary/aromatic N) is 1. The van der Waals surface area contributed by atoms with Crippen molar-refractivity contribution in [2.24, 2.45) is 5.10 Å². The monoisotopic (exact) mass is 541 g/mol. The summed E-state index contributed by atoms with van der Waals surface area (Å²) in [6, 6.07) is 27.2. The van der Waals surface area contributed by atoms with Gasteiger partial charge in [-0.25, -0.2) is 10.2 Å². The molecule has 0 atom stereocenters. The van der Waals surface area contributed by atoms with Gasteiger partial charge in [0.25, 0.3) is 5.91 Å². The Hall–Kier alpha value is -4.76. The van der Waals surface area contributed by atoms with Gasteiger partial charge < -0.3 is 14.8 Å². The number of ether oxygens (including phenoxy) is 2. The van der Waals surface area contributed by atoms with Gasteiger partial charge in [-0.3, -0.25) is 9.59 Å². The van der Waals surface area contributed by atoms with E-state index in [2.05, 4.69) is 15.8 Å². The van der Waals surface area contributed by atoms with Crippen LogP contribution >= 0.6 is 11.3 Å². The van der Waals surface area contributed by atoms with Crippen molar-refractivity contribution >= 4 is 35.3 Å². The Morgan fingerprint density at radius 3 is 2.21 bits per heavy atom. The van der Waals surface area contributed by atoms with Crippen LogP contribution in [-0.4, -0.2) is 37.1 Å². The summed E-state index contributed by atoms with van der Waals surface area (Å²) in [6.45, 7) is 1.95. The molecule has 198 valence electrons. The zero-order valence-corrected chi connectivity index (χ0v) is 22.0. The SMILES string of the molecule is CCOc1cc(C=NNC(=O)CNC(=O)C(c2ccccc2)c2ccccc2)ccc1OC(=O)c1cccs1. The third kappa shape index (κ3) is 7.62. The Balaban J connectivity index is 1.35. The van der Waals surface area contributed by atoms with Crippen LogP contribution in [0.4, 0.5) is 0 Å². The largest absolute Gasteiger partial charge is 0.490 e. The quantitative estimate of drug-likeness (QED) is 0.123. The predicted octanol–water partition coefficient (Wildman–Crippen LogP) is 4.76. The molecule has 3 aromatic carbocycles. The van der Waals surface area contributed by atoms with Gasteiger partial charge in [0.15, 0.2) is 11.5 Å². The average Bonchev–Trinajstić information content (AvgIpc) is 3.50. The molecule has 0 aliphatic carbocycles. The Morgan fingerprint density at radius 2 is 1.59 bits per heavy atom. The number of hydrazone groups is 1. The van der Waals surface area contributed by atoms with Gasteiger partial charge in [-0.1, -0.05) is 66.7 Å². The lowest BCUT2D eigenvalue weighted by molar-refractivity contribution is -0.126. The van der Waals surface area contributed by atoms with Crippen LogP contribution in [0.5, 0.6) is 11.5 Å². The number of hydrogen-bond donors (Lipinski definition) is 2. The van der Waals surface area contributed by atoms with Crippen molar-refractivity contribution in [2.75, 3.05) is 13.2 Å². The molecular weight excluding hydrogens is 514 g/mol. The van der Waals surface area contributed by atoms with Gasteiger partial charge >= 0.3 is 5.97 Å². The minimum absolute atomic E-state index is 0.242.